The monoisotopic (exact) mass is 313 g/mol. The molecule has 90 valence electrons. The summed E-state index contributed by atoms with van der Waals surface area (Å²) in [4.78, 5) is 4.29. The van der Waals surface area contributed by atoms with E-state index in [4.69, 9.17) is 11.6 Å². The standard InChI is InChI=1S/C12H13BrClN3/c1-7(2)11-8(3)16-17(12(11)14)10-5-4-9(13)6-15-10/h4-7H,1-3H3. The topological polar surface area (TPSA) is 30.7 Å². The van der Waals surface area contributed by atoms with Gasteiger partial charge in [0.05, 0.1) is 5.69 Å². The van der Waals surface area contributed by atoms with Crippen LogP contribution in [-0.4, -0.2) is 14.8 Å². The zero-order chi connectivity index (χ0) is 12.6. The van der Waals surface area contributed by atoms with E-state index in [1.807, 2.05) is 19.1 Å². The number of aromatic nitrogens is 3. The van der Waals surface area contributed by atoms with Crippen molar-refractivity contribution < 1.29 is 0 Å². The number of hydrogen-bond acceptors (Lipinski definition) is 2. The van der Waals surface area contributed by atoms with Gasteiger partial charge in [0.1, 0.15) is 5.15 Å². The van der Waals surface area contributed by atoms with Crippen LogP contribution in [0.4, 0.5) is 0 Å². The van der Waals surface area contributed by atoms with Crippen LogP contribution >= 0.6 is 27.5 Å². The van der Waals surface area contributed by atoms with E-state index in [9.17, 15) is 0 Å². The van der Waals surface area contributed by atoms with Crippen molar-refractivity contribution in [3.63, 3.8) is 0 Å². The van der Waals surface area contributed by atoms with Crippen molar-refractivity contribution >= 4 is 27.5 Å². The first-order valence-corrected chi connectivity index (χ1v) is 6.54. The molecule has 17 heavy (non-hydrogen) atoms. The fourth-order valence-corrected chi connectivity index (χ4v) is 2.53. The van der Waals surface area contributed by atoms with E-state index in [0.29, 0.717) is 11.1 Å². The molecule has 0 fully saturated rings. The average Bonchev–Trinajstić information content (AvgIpc) is 2.55. The van der Waals surface area contributed by atoms with Crippen molar-refractivity contribution in [2.24, 2.45) is 0 Å². The maximum atomic E-state index is 6.35. The van der Waals surface area contributed by atoms with E-state index in [0.717, 1.165) is 21.5 Å². The van der Waals surface area contributed by atoms with Gasteiger partial charge in [-0.05, 0) is 40.9 Å². The SMILES string of the molecule is Cc1nn(-c2ccc(Br)cn2)c(Cl)c1C(C)C. The predicted molar refractivity (Wildman–Crippen MR) is 72.9 cm³/mol. The molecule has 0 bridgehead atoms. The Bertz CT molecular complexity index is 531. The Labute approximate surface area is 114 Å². The lowest BCUT2D eigenvalue weighted by Gasteiger charge is -2.05. The molecule has 2 aromatic heterocycles. The van der Waals surface area contributed by atoms with Gasteiger partial charge in [0.2, 0.25) is 0 Å². The Morgan fingerprint density at radius 3 is 2.53 bits per heavy atom. The average molecular weight is 315 g/mol. The van der Waals surface area contributed by atoms with Crippen molar-refractivity contribution in [1.82, 2.24) is 14.8 Å². The Morgan fingerprint density at radius 1 is 1.35 bits per heavy atom. The highest BCUT2D eigenvalue weighted by Gasteiger charge is 2.17. The smallest absolute Gasteiger partial charge is 0.155 e. The van der Waals surface area contributed by atoms with Gasteiger partial charge in [-0.3, -0.25) is 0 Å². The summed E-state index contributed by atoms with van der Waals surface area (Å²) in [5.74, 6) is 1.08. The number of rotatable bonds is 2. The Morgan fingerprint density at radius 2 is 2.06 bits per heavy atom. The van der Waals surface area contributed by atoms with Gasteiger partial charge in [-0.15, -0.1) is 0 Å². The minimum absolute atomic E-state index is 0.353. The van der Waals surface area contributed by atoms with Crippen LogP contribution in [0, 0.1) is 6.92 Å². The summed E-state index contributed by atoms with van der Waals surface area (Å²) >= 11 is 9.70. The van der Waals surface area contributed by atoms with Crippen LogP contribution in [0.3, 0.4) is 0 Å². The van der Waals surface area contributed by atoms with Gasteiger partial charge in [0.15, 0.2) is 5.82 Å². The molecule has 0 aliphatic heterocycles. The number of pyridine rings is 1. The molecule has 0 unspecified atom stereocenters. The van der Waals surface area contributed by atoms with E-state index < -0.39 is 0 Å². The lowest BCUT2D eigenvalue weighted by atomic mass is 10.1. The Hall–Kier alpha value is -0.870. The van der Waals surface area contributed by atoms with Gasteiger partial charge < -0.3 is 0 Å². The highest BCUT2D eigenvalue weighted by atomic mass is 79.9. The lowest BCUT2D eigenvalue weighted by Crippen LogP contribution is -1.99. The maximum absolute atomic E-state index is 6.35. The highest BCUT2D eigenvalue weighted by molar-refractivity contribution is 9.10. The first-order valence-electron chi connectivity index (χ1n) is 5.37. The zero-order valence-electron chi connectivity index (χ0n) is 9.91. The quantitative estimate of drug-likeness (QED) is 0.835. The van der Waals surface area contributed by atoms with Crippen molar-refractivity contribution in [3.8, 4) is 5.82 Å². The summed E-state index contributed by atoms with van der Waals surface area (Å²) in [6.07, 6.45) is 1.73. The minimum Gasteiger partial charge on any atom is -0.236 e. The molecule has 0 N–H and O–H groups in total. The molecule has 0 spiro atoms. The van der Waals surface area contributed by atoms with Crippen LogP contribution in [0.25, 0.3) is 5.82 Å². The first-order chi connectivity index (χ1) is 8.00. The molecule has 3 nitrogen and oxygen atoms in total. The molecule has 0 aliphatic rings. The van der Waals surface area contributed by atoms with E-state index in [1.165, 1.54) is 0 Å². The molecular formula is C12H13BrClN3. The molecule has 0 aliphatic carbocycles. The van der Waals surface area contributed by atoms with Crippen LogP contribution in [-0.2, 0) is 0 Å². The minimum atomic E-state index is 0.353. The number of hydrogen-bond donors (Lipinski definition) is 0. The molecule has 0 saturated heterocycles. The van der Waals surface area contributed by atoms with Crippen molar-refractivity contribution in [1.29, 1.82) is 0 Å². The summed E-state index contributed by atoms with van der Waals surface area (Å²) < 4.78 is 2.61. The van der Waals surface area contributed by atoms with Crippen LogP contribution in [0.5, 0.6) is 0 Å². The third-order valence-corrected chi connectivity index (χ3v) is 3.39. The summed E-state index contributed by atoms with van der Waals surface area (Å²) in [6, 6.07) is 3.80. The molecular weight excluding hydrogens is 302 g/mol. The van der Waals surface area contributed by atoms with Gasteiger partial charge in [-0.25, -0.2) is 9.67 Å². The maximum Gasteiger partial charge on any atom is 0.155 e. The molecule has 0 saturated carbocycles. The predicted octanol–water partition coefficient (Wildman–Crippen LogP) is 4.12. The first kappa shape index (κ1) is 12.6. The van der Waals surface area contributed by atoms with E-state index in [-0.39, 0.29) is 0 Å². The lowest BCUT2D eigenvalue weighted by molar-refractivity contribution is 0.832. The molecule has 0 radical (unpaired) electrons. The largest absolute Gasteiger partial charge is 0.236 e. The Balaban J connectivity index is 2.53. The van der Waals surface area contributed by atoms with E-state index >= 15 is 0 Å². The number of halogens is 2. The van der Waals surface area contributed by atoms with Gasteiger partial charge >= 0.3 is 0 Å². The van der Waals surface area contributed by atoms with Gasteiger partial charge in [0, 0.05) is 16.2 Å². The molecule has 5 heteroatoms. The third kappa shape index (κ3) is 2.38. The zero-order valence-corrected chi connectivity index (χ0v) is 12.2. The molecule has 0 aromatic carbocycles. The summed E-state index contributed by atoms with van der Waals surface area (Å²) in [5, 5.41) is 5.08. The normalized spacial score (nSPS) is 11.2. The van der Waals surface area contributed by atoms with Gasteiger partial charge in [0.25, 0.3) is 0 Å². The van der Waals surface area contributed by atoms with E-state index in [1.54, 1.807) is 10.9 Å². The second kappa shape index (κ2) is 4.78. The number of aryl methyl sites for hydroxylation is 1. The second-order valence-corrected chi connectivity index (χ2v) is 5.46. The highest BCUT2D eigenvalue weighted by Crippen LogP contribution is 2.29. The molecule has 0 atom stereocenters. The van der Waals surface area contributed by atoms with Crippen LogP contribution in [0.1, 0.15) is 31.0 Å². The van der Waals surface area contributed by atoms with Gasteiger partial charge in [-0.1, -0.05) is 25.4 Å². The fourth-order valence-electron chi connectivity index (χ4n) is 1.81. The van der Waals surface area contributed by atoms with Gasteiger partial charge in [-0.2, -0.15) is 5.10 Å². The summed E-state index contributed by atoms with van der Waals surface area (Å²) in [6.45, 7) is 6.18. The molecule has 2 heterocycles. The molecule has 2 aromatic rings. The fraction of sp³-hybridized carbons (Fsp3) is 0.333. The summed E-state index contributed by atoms with van der Waals surface area (Å²) in [5.41, 5.74) is 2.03. The van der Waals surface area contributed by atoms with Crippen LogP contribution < -0.4 is 0 Å². The second-order valence-electron chi connectivity index (χ2n) is 4.19. The molecule has 2 rings (SSSR count). The van der Waals surface area contributed by atoms with Crippen molar-refractivity contribution in [2.45, 2.75) is 26.7 Å². The third-order valence-electron chi connectivity index (χ3n) is 2.55. The summed E-state index contributed by atoms with van der Waals surface area (Å²) in [7, 11) is 0. The van der Waals surface area contributed by atoms with Crippen LogP contribution in [0.2, 0.25) is 5.15 Å². The van der Waals surface area contributed by atoms with Crippen LogP contribution in [0.15, 0.2) is 22.8 Å². The molecule has 0 amide bonds. The van der Waals surface area contributed by atoms with Crippen molar-refractivity contribution in [2.75, 3.05) is 0 Å². The van der Waals surface area contributed by atoms with E-state index in [2.05, 4.69) is 39.9 Å². The number of nitrogens with zero attached hydrogens (tertiary/aromatic N) is 3. The van der Waals surface area contributed by atoms with Crippen molar-refractivity contribution in [3.05, 3.63) is 39.2 Å². The Kier molecular flexibility index (Phi) is 3.54.